The van der Waals surface area contributed by atoms with Crippen molar-refractivity contribution in [1.82, 2.24) is 15.8 Å². The second kappa shape index (κ2) is 7.06. The van der Waals surface area contributed by atoms with Crippen molar-refractivity contribution in [3.05, 3.63) is 0 Å². The number of likely N-dealkylation sites (N-methyl/N-ethyl adjacent to an activating group) is 1. The standard InChI is InChI=1S/C8H19N3O/c1-4-11(5-2)7-6-9-10-8(3)12/h9H,4-7H2,1-3H3,(H,10,12). The number of rotatable bonds is 6. The predicted molar refractivity (Wildman–Crippen MR) is 49.6 cm³/mol. The van der Waals surface area contributed by atoms with E-state index in [1.54, 1.807) is 0 Å². The smallest absolute Gasteiger partial charge is 0.230 e. The van der Waals surface area contributed by atoms with Crippen molar-refractivity contribution in [2.24, 2.45) is 0 Å². The fourth-order valence-electron chi connectivity index (χ4n) is 0.941. The van der Waals surface area contributed by atoms with Crippen LogP contribution in [0.25, 0.3) is 0 Å². The molecule has 0 aromatic rings. The van der Waals surface area contributed by atoms with Crippen molar-refractivity contribution < 1.29 is 4.79 Å². The van der Waals surface area contributed by atoms with Gasteiger partial charge in [0.05, 0.1) is 0 Å². The molecule has 0 saturated carbocycles. The summed E-state index contributed by atoms with van der Waals surface area (Å²) in [6.45, 7) is 9.61. The molecular formula is C8H19N3O. The van der Waals surface area contributed by atoms with Crippen molar-refractivity contribution in [2.75, 3.05) is 26.2 Å². The lowest BCUT2D eigenvalue weighted by Gasteiger charge is -2.17. The van der Waals surface area contributed by atoms with Gasteiger partial charge in [-0.2, -0.15) is 0 Å². The first-order chi connectivity index (χ1) is 5.70. The molecule has 0 rings (SSSR count). The number of carbonyl (C=O) groups is 1. The lowest BCUT2D eigenvalue weighted by Crippen LogP contribution is -2.41. The lowest BCUT2D eigenvalue weighted by atomic mass is 10.5. The summed E-state index contributed by atoms with van der Waals surface area (Å²) >= 11 is 0. The summed E-state index contributed by atoms with van der Waals surface area (Å²) in [6.07, 6.45) is 0. The third-order valence-electron chi connectivity index (χ3n) is 1.71. The van der Waals surface area contributed by atoms with E-state index in [1.807, 2.05) is 0 Å². The summed E-state index contributed by atoms with van der Waals surface area (Å²) in [5.74, 6) is -0.0467. The molecule has 0 atom stereocenters. The van der Waals surface area contributed by atoms with E-state index in [9.17, 15) is 4.79 Å². The number of hydrazine groups is 1. The Labute approximate surface area is 74.3 Å². The number of hydrogen-bond acceptors (Lipinski definition) is 3. The molecule has 0 unspecified atom stereocenters. The van der Waals surface area contributed by atoms with Crippen LogP contribution in [0.3, 0.4) is 0 Å². The Hall–Kier alpha value is -0.610. The van der Waals surface area contributed by atoms with Crippen LogP contribution in [-0.2, 0) is 4.79 Å². The van der Waals surface area contributed by atoms with Crippen LogP contribution in [0.4, 0.5) is 0 Å². The van der Waals surface area contributed by atoms with Gasteiger partial charge in [0.25, 0.3) is 0 Å². The quantitative estimate of drug-likeness (QED) is 0.438. The number of hydrogen-bond donors (Lipinski definition) is 2. The van der Waals surface area contributed by atoms with Gasteiger partial charge in [0.15, 0.2) is 0 Å². The molecule has 0 aliphatic heterocycles. The molecule has 72 valence electrons. The Kier molecular flexibility index (Phi) is 6.70. The average molecular weight is 173 g/mol. The predicted octanol–water partition coefficient (Wildman–Crippen LogP) is -0.0311. The highest BCUT2D eigenvalue weighted by atomic mass is 16.2. The topological polar surface area (TPSA) is 44.4 Å². The average Bonchev–Trinajstić information content (AvgIpc) is 2.04. The van der Waals surface area contributed by atoms with E-state index in [-0.39, 0.29) is 5.91 Å². The Bertz CT molecular complexity index is 123. The third-order valence-corrected chi connectivity index (χ3v) is 1.71. The largest absolute Gasteiger partial charge is 0.303 e. The SMILES string of the molecule is CCN(CC)CCNNC(C)=O. The third kappa shape index (κ3) is 6.12. The molecule has 0 heterocycles. The molecule has 4 nitrogen and oxygen atoms in total. The maximum Gasteiger partial charge on any atom is 0.230 e. The molecule has 0 radical (unpaired) electrons. The molecule has 12 heavy (non-hydrogen) atoms. The maximum absolute atomic E-state index is 10.4. The van der Waals surface area contributed by atoms with Gasteiger partial charge in [-0.15, -0.1) is 0 Å². The van der Waals surface area contributed by atoms with Gasteiger partial charge in [0.2, 0.25) is 5.91 Å². The van der Waals surface area contributed by atoms with Crippen LogP contribution >= 0.6 is 0 Å². The first-order valence-corrected chi connectivity index (χ1v) is 4.42. The van der Waals surface area contributed by atoms with Gasteiger partial charge >= 0.3 is 0 Å². The van der Waals surface area contributed by atoms with Crippen molar-refractivity contribution in [2.45, 2.75) is 20.8 Å². The summed E-state index contributed by atoms with van der Waals surface area (Å²) in [5, 5.41) is 0. The minimum absolute atomic E-state index is 0.0467. The molecule has 0 aliphatic carbocycles. The van der Waals surface area contributed by atoms with E-state index in [0.717, 1.165) is 26.2 Å². The van der Waals surface area contributed by atoms with E-state index in [1.165, 1.54) is 6.92 Å². The molecule has 0 aromatic carbocycles. The molecule has 2 N–H and O–H groups in total. The van der Waals surface area contributed by atoms with Crippen molar-refractivity contribution >= 4 is 5.91 Å². The van der Waals surface area contributed by atoms with Crippen molar-refractivity contribution in [1.29, 1.82) is 0 Å². The van der Waals surface area contributed by atoms with Crippen LogP contribution in [-0.4, -0.2) is 37.0 Å². The van der Waals surface area contributed by atoms with Crippen LogP contribution in [0.2, 0.25) is 0 Å². The van der Waals surface area contributed by atoms with Crippen LogP contribution in [0.1, 0.15) is 20.8 Å². The zero-order chi connectivity index (χ0) is 9.40. The van der Waals surface area contributed by atoms with E-state index in [2.05, 4.69) is 29.6 Å². The van der Waals surface area contributed by atoms with E-state index in [0.29, 0.717) is 0 Å². The minimum atomic E-state index is -0.0467. The monoisotopic (exact) mass is 173 g/mol. The zero-order valence-electron chi connectivity index (χ0n) is 8.18. The summed E-state index contributed by atoms with van der Waals surface area (Å²) < 4.78 is 0. The molecule has 4 heteroatoms. The normalized spacial score (nSPS) is 10.3. The Morgan fingerprint density at radius 3 is 2.33 bits per heavy atom. The first kappa shape index (κ1) is 11.4. The second-order valence-corrected chi connectivity index (χ2v) is 2.63. The van der Waals surface area contributed by atoms with E-state index < -0.39 is 0 Å². The van der Waals surface area contributed by atoms with Gasteiger partial charge in [-0.1, -0.05) is 13.8 Å². The van der Waals surface area contributed by atoms with Gasteiger partial charge in [0, 0.05) is 20.0 Å². The Morgan fingerprint density at radius 2 is 1.92 bits per heavy atom. The molecular weight excluding hydrogens is 154 g/mol. The van der Waals surface area contributed by atoms with Gasteiger partial charge in [-0.3, -0.25) is 10.2 Å². The highest BCUT2D eigenvalue weighted by molar-refractivity contribution is 5.72. The molecule has 0 bridgehead atoms. The van der Waals surface area contributed by atoms with Gasteiger partial charge < -0.3 is 4.90 Å². The van der Waals surface area contributed by atoms with Gasteiger partial charge in [-0.25, -0.2) is 5.43 Å². The fourth-order valence-corrected chi connectivity index (χ4v) is 0.941. The molecule has 0 aromatic heterocycles. The first-order valence-electron chi connectivity index (χ1n) is 4.42. The molecule has 1 amide bonds. The number of nitrogens with zero attached hydrogens (tertiary/aromatic N) is 1. The maximum atomic E-state index is 10.4. The van der Waals surface area contributed by atoms with E-state index >= 15 is 0 Å². The van der Waals surface area contributed by atoms with Gasteiger partial charge in [0.1, 0.15) is 0 Å². The molecule has 0 aliphatic rings. The van der Waals surface area contributed by atoms with Crippen LogP contribution in [0, 0.1) is 0 Å². The van der Waals surface area contributed by atoms with Crippen LogP contribution in [0.15, 0.2) is 0 Å². The summed E-state index contributed by atoms with van der Waals surface area (Å²) in [7, 11) is 0. The summed E-state index contributed by atoms with van der Waals surface area (Å²) in [5.41, 5.74) is 5.38. The molecule has 0 saturated heterocycles. The zero-order valence-corrected chi connectivity index (χ0v) is 8.18. The Balaban J connectivity index is 3.23. The fraction of sp³-hybridized carbons (Fsp3) is 0.875. The van der Waals surface area contributed by atoms with Crippen molar-refractivity contribution in [3.8, 4) is 0 Å². The van der Waals surface area contributed by atoms with Crippen LogP contribution < -0.4 is 10.9 Å². The summed E-state index contributed by atoms with van der Waals surface area (Å²) in [4.78, 5) is 12.7. The number of amides is 1. The highest BCUT2D eigenvalue weighted by Gasteiger charge is 1.96. The summed E-state index contributed by atoms with van der Waals surface area (Å²) in [6, 6.07) is 0. The second-order valence-electron chi connectivity index (χ2n) is 2.63. The minimum Gasteiger partial charge on any atom is -0.303 e. The van der Waals surface area contributed by atoms with E-state index in [4.69, 9.17) is 0 Å². The van der Waals surface area contributed by atoms with Crippen molar-refractivity contribution in [3.63, 3.8) is 0 Å². The molecule has 0 fully saturated rings. The Morgan fingerprint density at radius 1 is 1.33 bits per heavy atom. The molecule has 0 spiro atoms. The van der Waals surface area contributed by atoms with Crippen LogP contribution in [0.5, 0.6) is 0 Å². The lowest BCUT2D eigenvalue weighted by molar-refractivity contribution is -0.119. The highest BCUT2D eigenvalue weighted by Crippen LogP contribution is 1.82. The van der Waals surface area contributed by atoms with Gasteiger partial charge in [-0.05, 0) is 13.1 Å². The number of nitrogens with one attached hydrogen (secondary N) is 2. The number of carbonyl (C=O) groups excluding carboxylic acids is 1.